The average molecular weight is 283 g/mol. The van der Waals surface area contributed by atoms with Crippen LogP contribution >= 0.6 is 0 Å². The molecule has 110 valence electrons. The number of rotatable bonds is 4. The molecule has 0 saturated carbocycles. The first kappa shape index (κ1) is 16.8. The van der Waals surface area contributed by atoms with E-state index in [0.717, 1.165) is 11.1 Å². The third-order valence-corrected chi connectivity index (χ3v) is 3.27. The van der Waals surface area contributed by atoms with Gasteiger partial charge in [-0.25, -0.2) is 0 Å². The van der Waals surface area contributed by atoms with Gasteiger partial charge in [0.25, 0.3) is 5.91 Å². The number of nitrogens with two attached hydrogens (primary N) is 1. The van der Waals surface area contributed by atoms with Crippen molar-refractivity contribution in [2.75, 3.05) is 19.6 Å². The highest BCUT2D eigenvalue weighted by molar-refractivity contribution is 5.96. The summed E-state index contributed by atoms with van der Waals surface area (Å²) in [6, 6.07) is 7.66. The molecule has 1 aromatic rings. The van der Waals surface area contributed by atoms with Gasteiger partial charge < -0.3 is 10.6 Å². The lowest BCUT2D eigenvalue weighted by Gasteiger charge is -2.23. The molecule has 0 fully saturated rings. The van der Waals surface area contributed by atoms with Gasteiger partial charge in [-0.1, -0.05) is 17.9 Å². The van der Waals surface area contributed by atoms with Crippen LogP contribution in [0, 0.1) is 36.0 Å². The Labute approximate surface area is 126 Å². The second-order valence-electron chi connectivity index (χ2n) is 4.86. The molecule has 0 aliphatic heterocycles. The van der Waals surface area contributed by atoms with Crippen molar-refractivity contribution in [3.8, 4) is 17.9 Å². The molecule has 0 aliphatic rings. The van der Waals surface area contributed by atoms with Crippen LogP contribution in [0.15, 0.2) is 18.2 Å². The fraction of sp³-hybridized carbons (Fsp3) is 0.412. The Hall–Kier alpha value is -2.30. The zero-order chi connectivity index (χ0) is 15.8. The Kier molecular flexibility index (Phi) is 6.46. The van der Waals surface area contributed by atoms with Gasteiger partial charge in [0.1, 0.15) is 0 Å². The summed E-state index contributed by atoms with van der Waals surface area (Å²) in [6.45, 7) is 6.90. The van der Waals surface area contributed by atoms with Crippen LogP contribution in [0.5, 0.6) is 0 Å². The van der Waals surface area contributed by atoms with Crippen LogP contribution in [-0.2, 0) is 0 Å². The maximum atomic E-state index is 12.6. The first-order valence-corrected chi connectivity index (χ1v) is 7.02. The zero-order valence-corrected chi connectivity index (χ0v) is 12.8. The van der Waals surface area contributed by atoms with Gasteiger partial charge in [-0.3, -0.25) is 4.79 Å². The van der Waals surface area contributed by atoms with Crippen LogP contribution in [-0.4, -0.2) is 30.4 Å². The Bertz CT molecular complexity index is 605. The lowest BCUT2D eigenvalue weighted by atomic mass is 10.0. The van der Waals surface area contributed by atoms with E-state index in [0.29, 0.717) is 25.2 Å². The molecule has 0 aromatic heterocycles. The summed E-state index contributed by atoms with van der Waals surface area (Å²) in [4.78, 5) is 14.3. The van der Waals surface area contributed by atoms with E-state index in [1.807, 2.05) is 32.9 Å². The standard InChI is InChI=1S/C17H21N3O/c1-4-20(12-13(2)11-19)17(21)16-9-5-7-15(14(16)3)8-6-10-18/h5,7,9,13H,4,10,12,18H2,1-3H3. The van der Waals surface area contributed by atoms with Gasteiger partial charge in [0.15, 0.2) is 0 Å². The number of benzene rings is 1. The fourth-order valence-electron chi connectivity index (χ4n) is 2.05. The smallest absolute Gasteiger partial charge is 0.254 e. The molecule has 0 spiro atoms. The number of amides is 1. The molecule has 4 heteroatoms. The van der Waals surface area contributed by atoms with Crippen LogP contribution in [0.4, 0.5) is 0 Å². The summed E-state index contributed by atoms with van der Waals surface area (Å²) < 4.78 is 0. The molecule has 2 N–H and O–H groups in total. The fourth-order valence-corrected chi connectivity index (χ4v) is 2.05. The van der Waals surface area contributed by atoms with Gasteiger partial charge >= 0.3 is 0 Å². The van der Waals surface area contributed by atoms with Crippen molar-refractivity contribution < 1.29 is 4.79 Å². The van der Waals surface area contributed by atoms with Gasteiger partial charge in [-0.05, 0) is 38.5 Å². The van der Waals surface area contributed by atoms with Crippen LogP contribution in [0.1, 0.15) is 35.3 Å². The second kappa shape index (κ2) is 8.09. The van der Waals surface area contributed by atoms with Gasteiger partial charge in [-0.15, -0.1) is 0 Å². The first-order valence-electron chi connectivity index (χ1n) is 7.02. The maximum Gasteiger partial charge on any atom is 0.254 e. The monoisotopic (exact) mass is 283 g/mol. The molecule has 0 saturated heterocycles. The largest absolute Gasteiger partial charge is 0.338 e. The SMILES string of the molecule is CCN(CC(C)C#N)C(=O)c1cccc(C#CCN)c1C. The molecule has 0 heterocycles. The van der Waals surface area contributed by atoms with E-state index in [2.05, 4.69) is 17.9 Å². The van der Waals surface area contributed by atoms with Crippen molar-refractivity contribution in [1.29, 1.82) is 5.26 Å². The Morgan fingerprint density at radius 1 is 1.48 bits per heavy atom. The average Bonchev–Trinajstić information content (AvgIpc) is 2.50. The highest BCUT2D eigenvalue weighted by Gasteiger charge is 2.19. The van der Waals surface area contributed by atoms with E-state index in [-0.39, 0.29) is 11.8 Å². The predicted molar refractivity (Wildman–Crippen MR) is 83.5 cm³/mol. The first-order chi connectivity index (χ1) is 10.0. The van der Waals surface area contributed by atoms with Gasteiger partial charge in [0.2, 0.25) is 0 Å². The molecular formula is C17H21N3O. The third-order valence-electron chi connectivity index (χ3n) is 3.27. The topological polar surface area (TPSA) is 70.1 Å². The summed E-state index contributed by atoms with van der Waals surface area (Å²) in [5.74, 6) is 5.54. The third kappa shape index (κ3) is 4.34. The highest BCUT2D eigenvalue weighted by atomic mass is 16.2. The lowest BCUT2D eigenvalue weighted by Crippen LogP contribution is -2.34. The van der Waals surface area contributed by atoms with Crippen molar-refractivity contribution in [3.63, 3.8) is 0 Å². The molecular weight excluding hydrogens is 262 g/mol. The second-order valence-corrected chi connectivity index (χ2v) is 4.86. The van der Waals surface area contributed by atoms with E-state index < -0.39 is 0 Å². The minimum Gasteiger partial charge on any atom is -0.338 e. The number of carbonyl (C=O) groups excluding carboxylic acids is 1. The van der Waals surface area contributed by atoms with Crippen molar-refractivity contribution in [2.24, 2.45) is 11.7 Å². The molecule has 1 amide bonds. The summed E-state index contributed by atoms with van der Waals surface area (Å²) in [5, 5.41) is 8.91. The number of nitriles is 1. The van der Waals surface area contributed by atoms with E-state index in [4.69, 9.17) is 11.0 Å². The summed E-state index contributed by atoms with van der Waals surface area (Å²) >= 11 is 0. The van der Waals surface area contributed by atoms with Gasteiger partial charge in [0, 0.05) is 24.2 Å². The Morgan fingerprint density at radius 2 is 2.19 bits per heavy atom. The van der Waals surface area contributed by atoms with Crippen molar-refractivity contribution >= 4 is 5.91 Å². The van der Waals surface area contributed by atoms with Crippen LogP contribution in [0.2, 0.25) is 0 Å². The summed E-state index contributed by atoms with van der Waals surface area (Å²) in [6.07, 6.45) is 0. The van der Waals surface area contributed by atoms with Crippen LogP contribution < -0.4 is 5.73 Å². The number of hydrogen-bond donors (Lipinski definition) is 1. The van der Waals surface area contributed by atoms with Gasteiger partial charge in [-0.2, -0.15) is 5.26 Å². The van der Waals surface area contributed by atoms with Gasteiger partial charge in [0.05, 0.1) is 18.5 Å². The molecule has 0 aliphatic carbocycles. The minimum atomic E-state index is -0.186. The molecule has 1 rings (SSSR count). The van der Waals surface area contributed by atoms with E-state index >= 15 is 0 Å². The number of nitrogens with zero attached hydrogens (tertiary/aromatic N) is 2. The zero-order valence-electron chi connectivity index (χ0n) is 12.8. The number of carbonyl (C=O) groups is 1. The maximum absolute atomic E-state index is 12.6. The minimum absolute atomic E-state index is 0.0616. The lowest BCUT2D eigenvalue weighted by molar-refractivity contribution is 0.0752. The molecule has 1 aromatic carbocycles. The number of hydrogen-bond acceptors (Lipinski definition) is 3. The quantitative estimate of drug-likeness (QED) is 0.858. The van der Waals surface area contributed by atoms with Crippen LogP contribution in [0.3, 0.4) is 0 Å². The van der Waals surface area contributed by atoms with Crippen molar-refractivity contribution in [1.82, 2.24) is 4.90 Å². The Morgan fingerprint density at radius 3 is 2.76 bits per heavy atom. The van der Waals surface area contributed by atoms with Crippen LogP contribution in [0.25, 0.3) is 0 Å². The summed E-state index contributed by atoms with van der Waals surface area (Å²) in [5.41, 5.74) is 7.68. The highest BCUT2D eigenvalue weighted by Crippen LogP contribution is 2.16. The molecule has 4 nitrogen and oxygen atoms in total. The predicted octanol–water partition coefficient (Wildman–Crippen LogP) is 1.93. The van der Waals surface area contributed by atoms with E-state index in [9.17, 15) is 4.79 Å². The van der Waals surface area contributed by atoms with Crippen molar-refractivity contribution in [2.45, 2.75) is 20.8 Å². The molecule has 1 atom stereocenters. The van der Waals surface area contributed by atoms with E-state index in [1.165, 1.54) is 0 Å². The summed E-state index contributed by atoms with van der Waals surface area (Å²) in [7, 11) is 0. The van der Waals surface area contributed by atoms with E-state index in [1.54, 1.807) is 11.0 Å². The molecule has 21 heavy (non-hydrogen) atoms. The molecule has 1 unspecified atom stereocenters. The Balaban J connectivity index is 3.09. The molecule has 0 bridgehead atoms. The normalized spacial score (nSPS) is 11.0. The molecule has 0 radical (unpaired) electrons. The van der Waals surface area contributed by atoms with Crippen molar-refractivity contribution in [3.05, 3.63) is 34.9 Å².